The van der Waals surface area contributed by atoms with Crippen LogP contribution in [-0.2, 0) is 16.6 Å². The van der Waals surface area contributed by atoms with Gasteiger partial charge in [0.1, 0.15) is 0 Å². The smallest absolute Gasteiger partial charge is 0.193 e. The Balaban J connectivity index is 1.49. The van der Waals surface area contributed by atoms with Crippen molar-refractivity contribution in [2.45, 2.75) is 45.4 Å². The van der Waals surface area contributed by atoms with Crippen LogP contribution in [0.5, 0.6) is 0 Å². The number of nitrogens with one attached hydrogen (secondary N) is 1. The minimum atomic E-state index is 0.217. The van der Waals surface area contributed by atoms with E-state index in [-0.39, 0.29) is 5.41 Å². The van der Waals surface area contributed by atoms with E-state index in [4.69, 9.17) is 4.74 Å². The van der Waals surface area contributed by atoms with E-state index in [2.05, 4.69) is 60.2 Å². The number of benzene rings is 1. The number of hydrogen-bond donors (Lipinski definition) is 1. The summed E-state index contributed by atoms with van der Waals surface area (Å²) in [6.07, 6.45) is 3.44. The first-order valence-electron chi connectivity index (χ1n) is 9.55. The molecule has 25 heavy (non-hydrogen) atoms. The average Bonchev–Trinajstić information content (AvgIpc) is 3.22. The predicted octanol–water partition coefficient (Wildman–Crippen LogP) is 3.21. The Morgan fingerprint density at radius 1 is 1.24 bits per heavy atom. The van der Waals surface area contributed by atoms with Gasteiger partial charge in [-0.1, -0.05) is 45.0 Å². The summed E-state index contributed by atoms with van der Waals surface area (Å²) in [6.45, 7) is 11.7. The van der Waals surface area contributed by atoms with Gasteiger partial charge < -0.3 is 15.0 Å². The molecule has 1 spiro atoms. The Kier molecular flexibility index (Phi) is 5.38. The number of ether oxygens (including phenoxy) is 1. The lowest BCUT2D eigenvalue weighted by Gasteiger charge is -2.25. The van der Waals surface area contributed by atoms with Crippen molar-refractivity contribution < 1.29 is 4.74 Å². The Morgan fingerprint density at radius 3 is 2.60 bits per heavy atom. The summed E-state index contributed by atoms with van der Waals surface area (Å²) < 4.78 is 5.63. The fourth-order valence-electron chi connectivity index (χ4n) is 3.91. The van der Waals surface area contributed by atoms with Crippen LogP contribution in [0, 0.1) is 5.41 Å². The zero-order chi connectivity index (χ0) is 17.9. The van der Waals surface area contributed by atoms with Gasteiger partial charge in [0.15, 0.2) is 5.96 Å². The fraction of sp³-hybridized carbons (Fsp3) is 0.667. The molecule has 138 valence electrons. The molecule has 4 nitrogen and oxygen atoms in total. The highest BCUT2D eigenvalue weighted by Gasteiger charge is 2.42. The van der Waals surface area contributed by atoms with Crippen molar-refractivity contribution in [3.8, 4) is 0 Å². The van der Waals surface area contributed by atoms with Gasteiger partial charge in [-0.2, -0.15) is 0 Å². The Labute approximate surface area is 152 Å². The quantitative estimate of drug-likeness (QED) is 0.676. The molecule has 1 aromatic rings. The number of rotatable bonds is 3. The van der Waals surface area contributed by atoms with Crippen LogP contribution >= 0.6 is 0 Å². The van der Waals surface area contributed by atoms with Crippen LogP contribution in [0.25, 0.3) is 0 Å². The Morgan fingerprint density at radius 2 is 2.00 bits per heavy atom. The van der Waals surface area contributed by atoms with Crippen molar-refractivity contribution in [2.75, 3.05) is 39.9 Å². The maximum atomic E-state index is 5.63. The van der Waals surface area contributed by atoms with Crippen LogP contribution in [0.3, 0.4) is 0 Å². The molecule has 0 bridgehead atoms. The zero-order valence-corrected chi connectivity index (χ0v) is 16.3. The Hall–Kier alpha value is -1.55. The first-order valence-corrected chi connectivity index (χ1v) is 9.55. The lowest BCUT2D eigenvalue weighted by molar-refractivity contribution is 0.156. The molecule has 0 radical (unpaired) electrons. The van der Waals surface area contributed by atoms with Crippen LogP contribution < -0.4 is 5.32 Å². The molecular weight excluding hydrogens is 310 g/mol. The van der Waals surface area contributed by atoms with Crippen LogP contribution in [0.15, 0.2) is 29.3 Å². The summed E-state index contributed by atoms with van der Waals surface area (Å²) in [6, 6.07) is 9.03. The van der Waals surface area contributed by atoms with Gasteiger partial charge in [0, 0.05) is 38.7 Å². The summed E-state index contributed by atoms with van der Waals surface area (Å²) in [5, 5.41) is 3.55. The number of aliphatic imine (C=N–C) groups is 1. The molecule has 2 saturated heterocycles. The van der Waals surface area contributed by atoms with Crippen molar-refractivity contribution in [3.63, 3.8) is 0 Å². The van der Waals surface area contributed by atoms with E-state index in [9.17, 15) is 0 Å². The van der Waals surface area contributed by atoms with Gasteiger partial charge in [-0.3, -0.25) is 4.99 Å². The lowest BCUT2D eigenvalue weighted by Crippen LogP contribution is -2.42. The van der Waals surface area contributed by atoms with E-state index in [0.29, 0.717) is 5.41 Å². The molecule has 0 aromatic heterocycles. The molecule has 1 unspecified atom stereocenters. The monoisotopic (exact) mass is 343 g/mol. The summed E-state index contributed by atoms with van der Waals surface area (Å²) in [7, 11) is 1.89. The third-order valence-electron chi connectivity index (χ3n) is 5.65. The molecule has 0 amide bonds. The number of hydrogen-bond acceptors (Lipinski definition) is 2. The van der Waals surface area contributed by atoms with E-state index >= 15 is 0 Å². The van der Waals surface area contributed by atoms with Gasteiger partial charge >= 0.3 is 0 Å². The third-order valence-corrected chi connectivity index (χ3v) is 5.65. The molecule has 2 fully saturated rings. The van der Waals surface area contributed by atoms with Gasteiger partial charge in [0.05, 0.1) is 6.61 Å². The van der Waals surface area contributed by atoms with Crippen LogP contribution in [0.4, 0.5) is 0 Å². The minimum absolute atomic E-state index is 0.217. The van der Waals surface area contributed by atoms with Gasteiger partial charge in [-0.05, 0) is 35.8 Å². The molecule has 0 aliphatic carbocycles. The second-order valence-corrected chi connectivity index (χ2v) is 8.65. The summed E-state index contributed by atoms with van der Waals surface area (Å²) in [4.78, 5) is 6.89. The molecule has 1 atom stereocenters. The van der Waals surface area contributed by atoms with Gasteiger partial charge in [-0.25, -0.2) is 0 Å². The highest BCUT2D eigenvalue weighted by Crippen LogP contribution is 2.38. The van der Waals surface area contributed by atoms with Crippen molar-refractivity contribution in [3.05, 3.63) is 35.4 Å². The van der Waals surface area contributed by atoms with E-state index in [1.165, 1.54) is 24.0 Å². The summed E-state index contributed by atoms with van der Waals surface area (Å²) in [5.41, 5.74) is 3.36. The lowest BCUT2D eigenvalue weighted by atomic mass is 9.86. The van der Waals surface area contributed by atoms with E-state index in [0.717, 1.165) is 45.2 Å². The number of nitrogens with zero attached hydrogens (tertiary/aromatic N) is 2. The van der Waals surface area contributed by atoms with Gasteiger partial charge in [0.25, 0.3) is 0 Å². The highest BCUT2D eigenvalue weighted by molar-refractivity contribution is 5.80. The Bertz CT molecular complexity index is 595. The third kappa shape index (κ3) is 4.35. The fourth-order valence-corrected chi connectivity index (χ4v) is 3.91. The molecule has 2 aliphatic heterocycles. The summed E-state index contributed by atoms with van der Waals surface area (Å²) in [5.74, 6) is 1.04. The molecule has 1 N–H and O–H groups in total. The van der Waals surface area contributed by atoms with Gasteiger partial charge in [-0.15, -0.1) is 0 Å². The second kappa shape index (κ2) is 7.36. The molecule has 1 aromatic carbocycles. The largest absolute Gasteiger partial charge is 0.381 e. The number of guanidine groups is 1. The van der Waals surface area contributed by atoms with E-state index in [1.807, 2.05) is 7.05 Å². The van der Waals surface area contributed by atoms with Crippen molar-refractivity contribution in [2.24, 2.45) is 10.4 Å². The van der Waals surface area contributed by atoms with Crippen molar-refractivity contribution in [1.82, 2.24) is 10.2 Å². The highest BCUT2D eigenvalue weighted by atomic mass is 16.5. The zero-order valence-electron chi connectivity index (χ0n) is 16.3. The topological polar surface area (TPSA) is 36.9 Å². The maximum Gasteiger partial charge on any atom is 0.193 e. The SMILES string of the molecule is CN=C(NCCc1ccc(C(C)(C)C)cc1)N1CCC2(CCOC2)C1. The van der Waals surface area contributed by atoms with Crippen LogP contribution in [0.2, 0.25) is 0 Å². The van der Waals surface area contributed by atoms with Crippen molar-refractivity contribution in [1.29, 1.82) is 0 Å². The average molecular weight is 344 g/mol. The molecule has 0 saturated carbocycles. The molecule has 2 aliphatic rings. The molecule has 2 heterocycles. The second-order valence-electron chi connectivity index (χ2n) is 8.65. The first-order chi connectivity index (χ1) is 11.9. The molecular formula is C21H33N3O. The maximum absolute atomic E-state index is 5.63. The molecule has 3 rings (SSSR count). The van der Waals surface area contributed by atoms with Crippen molar-refractivity contribution >= 4 is 5.96 Å². The van der Waals surface area contributed by atoms with Gasteiger partial charge in [0.2, 0.25) is 0 Å². The summed E-state index contributed by atoms with van der Waals surface area (Å²) >= 11 is 0. The predicted molar refractivity (Wildman–Crippen MR) is 104 cm³/mol. The van der Waals surface area contributed by atoms with E-state index < -0.39 is 0 Å². The van der Waals surface area contributed by atoms with Crippen LogP contribution in [0.1, 0.15) is 44.7 Å². The van der Waals surface area contributed by atoms with E-state index in [1.54, 1.807) is 0 Å². The minimum Gasteiger partial charge on any atom is -0.381 e. The van der Waals surface area contributed by atoms with Crippen LogP contribution in [-0.4, -0.2) is 50.8 Å². The normalized spacial score (nSPS) is 24.3. The standard InChI is InChI=1S/C21H33N3O/c1-20(2,3)18-7-5-17(6-8-18)9-12-23-19(22-4)24-13-10-21(15-24)11-14-25-16-21/h5-8H,9-16H2,1-4H3,(H,22,23). The first kappa shape index (κ1) is 18.2. The number of likely N-dealkylation sites (tertiary alicyclic amines) is 1. The molecule has 4 heteroatoms.